The molecular formula is C21H23FN4O. The first-order chi connectivity index (χ1) is 13.1. The number of amides is 1. The van der Waals surface area contributed by atoms with Gasteiger partial charge in [0.1, 0.15) is 5.82 Å². The van der Waals surface area contributed by atoms with Crippen LogP contribution >= 0.6 is 0 Å². The molecule has 0 aromatic heterocycles. The highest BCUT2D eigenvalue weighted by atomic mass is 19.1. The number of halogens is 1. The van der Waals surface area contributed by atoms with Gasteiger partial charge in [0.25, 0.3) is 5.91 Å². The summed E-state index contributed by atoms with van der Waals surface area (Å²) < 4.78 is 13.5. The molecule has 2 aliphatic heterocycles. The third kappa shape index (κ3) is 3.80. The molecule has 1 fully saturated rings. The summed E-state index contributed by atoms with van der Waals surface area (Å²) in [5.74, 6) is -0.586. The SMILES string of the molecule is CN1CCCN(c2ccc(N/C=C3/C(=O)Nc4ccc(F)cc43)cc2)CC1. The van der Waals surface area contributed by atoms with Crippen molar-refractivity contribution < 1.29 is 9.18 Å². The van der Waals surface area contributed by atoms with Crippen molar-refractivity contribution in [1.29, 1.82) is 0 Å². The standard InChI is InChI=1S/C21H23FN4O/c1-25-9-2-10-26(12-11-25)17-6-4-16(5-7-17)23-14-19-18-13-15(22)3-8-20(18)24-21(19)27/h3-8,13-14,23H,2,9-12H2,1H3,(H,24,27)/b19-14+. The van der Waals surface area contributed by atoms with E-state index in [0.29, 0.717) is 16.8 Å². The second-order valence-electron chi connectivity index (χ2n) is 7.04. The summed E-state index contributed by atoms with van der Waals surface area (Å²) in [6.07, 6.45) is 2.80. The molecule has 2 aliphatic rings. The van der Waals surface area contributed by atoms with Gasteiger partial charge in [-0.15, -0.1) is 0 Å². The van der Waals surface area contributed by atoms with Crippen LogP contribution in [0.25, 0.3) is 5.57 Å². The third-order valence-corrected chi connectivity index (χ3v) is 5.10. The topological polar surface area (TPSA) is 47.6 Å². The van der Waals surface area contributed by atoms with Crippen molar-refractivity contribution in [3.8, 4) is 0 Å². The van der Waals surface area contributed by atoms with Gasteiger partial charge in [0.2, 0.25) is 0 Å². The number of nitrogens with one attached hydrogen (secondary N) is 2. The van der Waals surface area contributed by atoms with Gasteiger partial charge in [0, 0.05) is 48.5 Å². The Labute approximate surface area is 158 Å². The maximum absolute atomic E-state index is 13.5. The first-order valence-electron chi connectivity index (χ1n) is 9.22. The lowest BCUT2D eigenvalue weighted by Gasteiger charge is -2.23. The molecule has 0 unspecified atom stereocenters. The first-order valence-corrected chi connectivity index (χ1v) is 9.22. The minimum Gasteiger partial charge on any atom is -0.370 e. The predicted molar refractivity (Wildman–Crippen MR) is 107 cm³/mol. The van der Waals surface area contributed by atoms with Crippen molar-refractivity contribution in [2.45, 2.75) is 6.42 Å². The van der Waals surface area contributed by atoms with E-state index in [2.05, 4.69) is 39.6 Å². The number of fused-ring (bicyclic) bond motifs is 1. The average Bonchev–Trinajstić information content (AvgIpc) is 2.82. The van der Waals surface area contributed by atoms with Crippen LogP contribution < -0.4 is 15.5 Å². The lowest BCUT2D eigenvalue weighted by molar-refractivity contribution is -0.110. The molecule has 0 atom stereocenters. The largest absolute Gasteiger partial charge is 0.370 e. The molecule has 2 heterocycles. The van der Waals surface area contributed by atoms with Gasteiger partial charge in [0.05, 0.1) is 5.57 Å². The Morgan fingerprint density at radius 2 is 1.89 bits per heavy atom. The number of hydrogen-bond donors (Lipinski definition) is 2. The second-order valence-corrected chi connectivity index (χ2v) is 7.04. The van der Waals surface area contributed by atoms with E-state index >= 15 is 0 Å². The van der Waals surface area contributed by atoms with Crippen LogP contribution in [0.3, 0.4) is 0 Å². The smallest absolute Gasteiger partial charge is 0.257 e. The van der Waals surface area contributed by atoms with Crippen molar-refractivity contribution in [1.82, 2.24) is 4.90 Å². The Morgan fingerprint density at radius 1 is 1.07 bits per heavy atom. The van der Waals surface area contributed by atoms with Gasteiger partial charge in [-0.25, -0.2) is 4.39 Å². The predicted octanol–water partition coefficient (Wildman–Crippen LogP) is 3.37. The van der Waals surface area contributed by atoms with Gasteiger partial charge in [-0.05, 0) is 62.5 Å². The van der Waals surface area contributed by atoms with E-state index in [0.717, 1.165) is 38.3 Å². The Balaban J connectivity index is 1.47. The summed E-state index contributed by atoms with van der Waals surface area (Å²) in [6.45, 7) is 4.28. The van der Waals surface area contributed by atoms with E-state index in [4.69, 9.17) is 0 Å². The second kappa shape index (κ2) is 7.40. The van der Waals surface area contributed by atoms with Crippen LogP contribution in [0.1, 0.15) is 12.0 Å². The molecule has 2 aromatic carbocycles. The molecule has 4 rings (SSSR count). The lowest BCUT2D eigenvalue weighted by atomic mass is 10.1. The molecule has 5 nitrogen and oxygen atoms in total. The number of benzene rings is 2. The molecule has 0 spiro atoms. The summed E-state index contributed by atoms with van der Waals surface area (Å²) in [6, 6.07) is 12.5. The van der Waals surface area contributed by atoms with Gasteiger partial charge < -0.3 is 20.4 Å². The Kier molecular flexibility index (Phi) is 4.81. The number of anilines is 3. The summed E-state index contributed by atoms with van der Waals surface area (Å²) in [7, 11) is 2.16. The van der Waals surface area contributed by atoms with Crippen molar-refractivity contribution in [2.75, 3.05) is 48.8 Å². The summed E-state index contributed by atoms with van der Waals surface area (Å²) in [5.41, 5.74) is 3.74. The van der Waals surface area contributed by atoms with E-state index in [1.165, 1.54) is 17.8 Å². The van der Waals surface area contributed by atoms with Crippen LogP contribution in [0.2, 0.25) is 0 Å². The zero-order valence-electron chi connectivity index (χ0n) is 15.3. The van der Waals surface area contributed by atoms with Crippen LogP contribution in [0.5, 0.6) is 0 Å². The molecule has 2 N–H and O–H groups in total. The Hall–Kier alpha value is -2.86. The summed E-state index contributed by atoms with van der Waals surface area (Å²) >= 11 is 0. The molecule has 0 saturated carbocycles. The highest BCUT2D eigenvalue weighted by molar-refractivity contribution is 6.31. The summed E-state index contributed by atoms with van der Waals surface area (Å²) in [4.78, 5) is 16.9. The van der Waals surface area contributed by atoms with Crippen LogP contribution in [-0.4, -0.2) is 44.0 Å². The number of likely N-dealkylation sites (N-methyl/N-ethyl adjacent to an activating group) is 1. The van der Waals surface area contributed by atoms with Crippen LogP contribution in [-0.2, 0) is 4.79 Å². The van der Waals surface area contributed by atoms with Crippen LogP contribution in [0.15, 0.2) is 48.7 Å². The molecule has 2 aromatic rings. The number of hydrogen-bond acceptors (Lipinski definition) is 4. The molecule has 0 aliphatic carbocycles. The lowest BCUT2D eigenvalue weighted by Crippen LogP contribution is -2.28. The van der Waals surface area contributed by atoms with Crippen molar-refractivity contribution in [3.05, 3.63) is 60.0 Å². The van der Waals surface area contributed by atoms with Gasteiger partial charge in [-0.1, -0.05) is 0 Å². The van der Waals surface area contributed by atoms with Crippen molar-refractivity contribution in [2.24, 2.45) is 0 Å². The van der Waals surface area contributed by atoms with Crippen molar-refractivity contribution >= 4 is 28.5 Å². The Bertz CT molecular complexity index is 878. The van der Waals surface area contributed by atoms with Gasteiger partial charge in [-0.3, -0.25) is 4.79 Å². The van der Waals surface area contributed by atoms with E-state index in [9.17, 15) is 9.18 Å². The van der Waals surface area contributed by atoms with E-state index in [1.54, 1.807) is 12.3 Å². The molecule has 140 valence electrons. The average molecular weight is 366 g/mol. The maximum atomic E-state index is 13.5. The zero-order valence-corrected chi connectivity index (χ0v) is 15.3. The minimum absolute atomic E-state index is 0.228. The molecule has 1 amide bonds. The van der Waals surface area contributed by atoms with E-state index < -0.39 is 0 Å². The normalized spacial score (nSPS) is 19.0. The fourth-order valence-corrected chi connectivity index (χ4v) is 3.53. The number of carbonyl (C=O) groups excluding carboxylic acids is 1. The summed E-state index contributed by atoms with van der Waals surface area (Å²) in [5, 5.41) is 5.90. The fourth-order valence-electron chi connectivity index (χ4n) is 3.53. The number of rotatable bonds is 3. The monoisotopic (exact) mass is 366 g/mol. The third-order valence-electron chi connectivity index (χ3n) is 5.10. The van der Waals surface area contributed by atoms with Gasteiger partial charge >= 0.3 is 0 Å². The molecular weight excluding hydrogens is 343 g/mol. The van der Waals surface area contributed by atoms with Gasteiger partial charge in [0.15, 0.2) is 0 Å². The van der Waals surface area contributed by atoms with E-state index in [1.807, 2.05) is 12.1 Å². The molecule has 0 radical (unpaired) electrons. The molecule has 0 bridgehead atoms. The van der Waals surface area contributed by atoms with Gasteiger partial charge in [-0.2, -0.15) is 0 Å². The Morgan fingerprint density at radius 3 is 2.70 bits per heavy atom. The zero-order chi connectivity index (χ0) is 18.8. The van der Waals surface area contributed by atoms with Crippen molar-refractivity contribution in [3.63, 3.8) is 0 Å². The highest BCUT2D eigenvalue weighted by Gasteiger charge is 2.24. The van der Waals surface area contributed by atoms with E-state index in [-0.39, 0.29) is 11.7 Å². The highest BCUT2D eigenvalue weighted by Crippen LogP contribution is 2.32. The van der Waals surface area contributed by atoms with Crippen LogP contribution in [0, 0.1) is 5.82 Å². The molecule has 6 heteroatoms. The maximum Gasteiger partial charge on any atom is 0.257 e. The minimum atomic E-state index is -0.358. The van der Waals surface area contributed by atoms with Crippen LogP contribution in [0.4, 0.5) is 21.5 Å². The number of nitrogens with zero attached hydrogens (tertiary/aromatic N) is 2. The first kappa shape index (κ1) is 17.5. The quantitative estimate of drug-likeness (QED) is 0.818. The molecule has 27 heavy (non-hydrogen) atoms. The number of carbonyl (C=O) groups is 1. The molecule has 1 saturated heterocycles. The fraction of sp³-hybridized carbons (Fsp3) is 0.286.